The molecule has 0 radical (unpaired) electrons. The molecule has 0 fully saturated rings. The molecule has 0 atom stereocenters. The van der Waals surface area contributed by atoms with Gasteiger partial charge in [-0.2, -0.15) is 13.2 Å². The van der Waals surface area contributed by atoms with Crippen molar-refractivity contribution in [3.63, 3.8) is 0 Å². The summed E-state index contributed by atoms with van der Waals surface area (Å²) in [6.45, 7) is 0.216. The molecular weight excluding hydrogens is 438 g/mol. The van der Waals surface area contributed by atoms with E-state index in [-0.39, 0.29) is 23.2 Å². The summed E-state index contributed by atoms with van der Waals surface area (Å²) in [7, 11) is -4.41. The van der Waals surface area contributed by atoms with Gasteiger partial charge in [-0.15, -0.1) is 0 Å². The van der Waals surface area contributed by atoms with Crippen molar-refractivity contribution < 1.29 is 30.8 Å². The summed E-state index contributed by atoms with van der Waals surface area (Å²) in [6.07, 6.45) is -1.73. The zero-order valence-electron chi connectivity index (χ0n) is 15.7. The molecule has 2 aromatic carbocycles. The Bertz CT molecular complexity index is 1180. The Morgan fingerprint density at radius 2 is 1.71 bits per heavy atom. The van der Waals surface area contributed by atoms with Crippen LogP contribution >= 0.6 is 0 Å². The number of amides is 2. The fraction of sp³-hybridized carbons (Fsp3) is 0.100. The van der Waals surface area contributed by atoms with Crippen LogP contribution in [0, 0.1) is 5.82 Å². The molecule has 31 heavy (non-hydrogen) atoms. The van der Waals surface area contributed by atoms with Crippen molar-refractivity contribution in [3.05, 3.63) is 83.9 Å². The molecule has 0 bridgehead atoms. The van der Waals surface area contributed by atoms with E-state index in [4.69, 9.17) is 0 Å². The van der Waals surface area contributed by atoms with Crippen molar-refractivity contribution in [2.75, 3.05) is 5.32 Å². The predicted molar refractivity (Wildman–Crippen MR) is 103 cm³/mol. The Balaban J connectivity index is 1.73. The van der Waals surface area contributed by atoms with E-state index in [0.29, 0.717) is 12.1 Å². The Morgan fingerprint density at radius 3 is 2.32 bits per heavy atom. The first-order valence-electron chi connectivity index (χ1n) is 8.72. The summed E-state index contributed by atoms with van der Waals surface area (Å²) in [5.74, 6) is -1.32. The Kier molecular flexibility index (Phi) is 6.25. The van der Waals surface area contributed by atoms with E-state index in [1.807, 2.05) is 0 Å². The van der Waals surface area contributed by atoms with Crippen LogP contribution in [0.5, 0.6) is 0 Å². The average Bonchev–Trinajstić information content (AvgIpc) is 2.72. The second-order valence-electron chi connectivity index (χ2n) is 6.37. The molecule has 0 unspecified atom stereocenters. The first kappa shape index (κ1) is 22.2. The molecule has 2 N–H and O–H groups in total. The van der Waals surface area contributed by atoms with E-state index < -0.39 is 38.3 Å². The van der Waals surface area contributed by atoms with Crippen molar-refractivity contribution in [3.8, 4) is 0 Å². The lowest BCUT2D eigenvalue weighted by Crippen LogP contribution is -2.28. The van der Waals surface area contributed by atoms with E-state index in [0.717, 1.165) is 17.7 Å². The Labute approximate surface area is 174 Å². The molecule has 2 amide bonds. The minimum absolute atomic E-state index is 0.216. The number of pyridine rings is 1. The van der Waals surface area contributed by atoms with Gasteiger partial charge in [0.15, 0.2) is 0 Å². The molecule has 162 valence electrons. The summed E-state index contributed by atoms with van der Waals surface area (Å²) >= 11 is 0. The number of benzene rings is 2. The number of sulfone groups is 1. The maximum Gasteiger partial charge on any atom is 0.416 e. The van der Waals surface area contributed by atoms with Crippen LogP contribution in [0.15, 0.2) is 76.8 Å². The van der Waals surface area contributed by atoms with E-state index in [1.54, 1.807) is 24.5 Å². The molecule has 0 saturated heterocycles. The number of halogens is 4. The number of hydrogen-bond donors (Lipinski definition) is 2. The highest BCUT2D eigenvalue weighted by molar-refractivity contribution is 7.91. The number of anilines is 1. The van der Waals surface area contributed by atoms with Gasteiger partial charge in [-0.1, -0.05) is 6.07 Å². The SMILES string of the molecule is O=C(NCc1cccnc1)Nc1ccc(S(=O)(=O)c2cc(F)cc(C(F)(F)F)c2)cc1. The van der Waals surface area contributed by atoms with Crippen LogP contribution in [0.2, 0.25) is 0 Å². The minimum Gasteiger partial charge on any atom is -0.334 e. The molecule has 6 nitrogen and oxygen atoms in total. The van der Waals surface area contributed by atoms with Gasteiger partial charge in [0.05, 0.1) is 15.4 Å². The predicted octanol–water partition coefficient (Wildman–Crippen LogP) is 4.39. The number of aromatic nitrogens is 1. The van der Waals surface area contributed by atoms with Gasteiger partial charge < -0.3 is 10.6 Å². The summed E-state index contributed by atoms with van der Waals surface area (Å²) in [6, 6.07) is 8.76. The van der Waals surface area contributed by atoms with Gasteiger partial charge in [-0.25, -0.2) is 17.6 Å². The Hall–Kier alpha value is -3.47. The van der Waals surface area contributed by atoms with Crippen LogP contribution < -0.4 is 10.6 Å². The van der Waals surface area contributed by atoms with E-state index in [9.17, 15) is 30.8 Å². The maximum absolute atomic E-state index is 13.6. The highest BCUT2D eigenvalue weighted by Crippen LogP contribution is 2.33. The third-order valence-corrected chi connectivity index (χ3v) is 5.86. The fourth-order valence-corrected chi connectivity index (χ4v) is 3.91. The van der Waals surface area contributed by atoms with Crippen LogP contribution in [0.4, 0.5) is 28.0 Å². The number of alkyl halides is 3. The number of nitrogens with one attached hydrogen (secondary N) is 2. The second kappa shape index (κ2) is 8.72. The summed E-state index contributed by atoms with van der Waals surface area (Å²) < 4.78 is 77.4. The summed E-state index contributed by atoms with van der Waals surface area (Å²) in [4.78, 5) is 14.7. The molecule has 3 rings (SSSR count). The van der Waals surface area contributed by atoms with Gasteiger partial charge in [-0.05, 0) is 54.1 Å². The van der Waals surface area contributed by atoms with Gasteiger partial charge in [0.2, 0.25) is 9.84 Å². The summed E-state index contributed by atoms with van der Waals surface area (Å²) in [5, 5.41) is 5.08. The number of rotatable bonds is 5. The largest absolute Gasteiger partial charge is 0.416 e. The molecule has 1 heterocycles. The van der Waals surface area contributed by atoms with Gasteiger partial charge >= 0.3 is 12.2 Å². The van der Waals surface area contributed by atoms with Crippen molar-refractivity contribution in [2.24, 2.45) is 0 Å². The molecule has 0 saturated carbocycles. The molecule has 0 aliphatic rings. The molecule has 0 spiro atoms. The normalized spacial score (nSPS) is 11.7. The van der Waals surface area contributed by atoms with Crippen molar-refractivity contribution in [1.82, 2.24) is 10.3 Å². The molecule has 3 aromatic rings. The van der Waals surface area contributed by atoms with Crippen molar-refractivity contribution >= 4 is 21.6 Å². The second-order valence-corrected chi connectivity index (χ2v) is 8.32. The number of nitrogens with zero attached hydrogens (tertiary/aromatic N) is 1. The first-order valence-corrected chi connectivity index (χ1v) is 10.2. The van der Waals surface area contributed by atoms with Crippen LogP contribution in [-0.2, 0) is 22.6 Å². The number of carbonyl (C=O) groups excluding carboxylic acids is 1. The first-order chi connectivity index (χ1) is 14.6. The van der Waals surface area contributed by atoms with E-state index >= 15 is 0 Å². The Morgan fingerprint density at radius 1 is 1.00 bits per heavy atom. The lowest BCUT2D eigenvalue weighted by atomic mass is 10.2. The third kappa shape index (κ3) is 5.57. The van der Waals surface area contributed by atoms with Crippen LogP contribution in [0.3, 0.4) is 0 Å². The maximum atomic E-state index is 13.6. The standard InChI is InChI=1S/C20H15F4N3O3S/c21-15-8-14(20(22,23)24)9-18(10-15)31(29,30)17-5-3-16(4-6-17)27-19(28)26-12-13-2-1-7-25-11-13/h1-11H,12H2,(H2,26,27,28). The lowest BCUT2D eigenvalue weighted by molar-refractivity contribution is -0.137. The van der Waals surface area contributed by atoms with Gasteiger partial charge in [0.1, 0.15) is 5.82 Å². The van der Waals surface area contributed by atoms with E-state index in [1.165, 1.54) is 12.1 Å². The van der Waals surface area contributed by atoms with Crippen LogP contribution in [-0.4, -0.2) is 19.4 Å². The monoisotopic (exact) mass is 453 g/mol. The zero-order valence-corrected chi connectivity index (χ0v) is 16.5. The molecule has 0 aliphatic carbocycles. The highest BCUT2D eigenvalue weighted by atomic mass is 32.2. The summed E-state index contributed by atoms with van der Waals surface area (Å²) in [5.41, 5.74) is -0.389. The third-order valence-electron chi connectivity index (χ3n) is 4.11. The van der Waals surface area contributed by atoms with Gasteiger partial charge in [0, 0.05) is 24.6 Å². The van der Waals surface area contributed by atoms with Crippen LogP contribution in [0.1, 0.15) is 11.1 Å². The molecule has 11 heteroatoms. The fourth-order valence-electron chi connectivity index (χ4n) is 2.60. The van der Waals surface area contributed by atoms with E-state index in [2.05, 4.69) is 15.6 Å². The lowest BCUT2D eigenvalue weighted by Gasteiger charge is -2.11. The minimum atomic E-state index is -4.90. The topological polar surface area (TPSA) is 88.2 Å². The molecule has 1 aromatic heterocycles. The zero-order chi connectivity index (χ0) is 22.6. The smallest absolute Gasteiger partial charge is 0.334 e. The number of hydrogen-bond acceptors (Lipinski definition) is 4. The van der Waals surface area contributed by atoms with Gasteiger partial charge in [-0.3, -0.25) is 4.98 Å². The highest BCUT2D eigenvalue weighted by Gasteiger charge is 2.33. The number of carbonyl (C=O) groups is 1. The average molecular weight is 453 g/mol. The van der Waals surface area contributed by atoms with Crippen molar-refractivity contribution in [1.29, 1.82) is 0 Å². The number of urea groups is 1. The van der Waals surface area contributed by atoms with Crippen LogP contribution in [0.25, 0.3) is 0 Å². The van der Waals surface area contributed by atoms with Crippen molar-refractivity contribution in [2.45, 2.75) is 22.5 Å². The molecule has 0 aliphatic heterocycles. The van der Waals surface area contributed by atoms with Gasteiger partial charge in [0.25, 0.3) is 0 Å². The molecular formula is C20H15F4N3O3S. The quantitative estimate of drug-likeness (QED) is 0.561.